The molecule has 1 aliphatic rings. The summed E-state index contributed by atoms with van der Waals surface area (Å²) in [4.78, 5) is 7.25. The summed E-state index contributed by atoms with van der Waals surface area (Å²) in [5.41, 5.74) is 1.07. The molecule has 1 fully saturated rings. The van der Waals surface area contributed by atoms with E-state index in [1.807, 2.05) is 12.1 Å². The number of benzene rings is 1. The van der Waals surface area contributed by atoms with Crippen LogP contribution in [0.3, 0.4) is 0 Å². The number of hydrogen-bond donors (Lipinski definition) is 1. The molecule has 1 aromatic carbocycles. The first-order valence-corrected chi connectivity index (χ1v) is 7.90. The molecule has 20 heavy (non-hydrogen) atoms. The van der Waals surface area contributed by atoms with Crippen LogP contribution in [0.2, 0.25) is 0 Å². The summed E-state index contributed by atoms with van der Waals surface area (Å²) in [6, 6.07) is 7.17. The van der Waals surface area contributed by atoms with Gasteiger partial charge in [0.05, 0.1) is 23.9 Å². The highest BCUT2D eigenvalue weighted by Crippen LogP contribution is 2.27. The maximum atomic E-state index is 5.27. The van der Waals surface area contributed by atoms with Crippen LogP contribution in [0.1, 0.15) is 18.9 Å². The van der Waals surface area contributed by atoms with Crippen molar-refractivity contribution in [1.82, 2.24) is 15.2 Å². The second-order valence-electron chi connectivity index (χ2n) is 5.40. The summed E-state index contributed by atoms with van der Waals surface area (Å²) < 4.78 is 6.48. The van der Waals surface area contributed by atoms with Crippen molar-refractivity contribution in [1.29, 1.82) is 0 Å². The van der Waals surface area contributed by atoms with E-state index in [0.717, 1.165) is 30.9 Å². The Balaban J connectivity index is 1.80. The van der Waals surface area contributed by atoms with Crippen LogP contribution in [-0.4, -0.2) is 42.2 Å². The number of rotatable bonds is 3. The minimum Gasteiger partial charge on any atom is -0.497 e. The number of aromatic nitrogens is 1. The van der Waals surface area contributed by atoms with E-state index in [1.54, 1.807) is 18.4 Å². The van der Waals surface area contributed by atoms with Crippen LogP contribution in [0.5, 0.6) is 5.75 Å². The first-order chi connectivity index (χ1) is 9.67. The van der Waals surface area contributed by atoms with Gasteiger partial charge in [-0.25, -0.2) is 4.98 Å². The number of thiazole rings is 1. The lowest BCUT2D eigenvalue weighted by molar-refractivity contribution is 0.131. The van der Waals surface area contributed by atoms with Crippen molar-refractivity contribution in [3.63, 3.8) is 0 Å². The smallest absolute Gasteiger partial charge is 0.120 e. The predicted molar refractivity (Wildman–Crippen MR) is 83.5 cm³/mol. The second-order valence-corrected chi connectivity index (χ2v) is 6.51. The Morgan fingerprint density at radius 1 is 1.45 bits per heavy atom. The van der Waals surface area contributed by atoms with Crippen LogP contribution in [0, 0.1) is 0 Å². The van der Waals surface area contributed by atoms with Crippen LogP contribution in [0.25, 0.3) is 10.2 Å². The standard InChI is InChI=1S/C15H21N3OS/c1-10-11(2)18(7-6-16-10)9-15-17-13-5-4-12(19-3)8-14(13)20-15/h4-5,8,10-11,16H,6-7,9H2,1-3H3. The fourth-order valence-corrected chi connectivity index (χ4v) is 3.69. The van der Waals surface area contributed by atoms with Crippen LogP contribution < -0.4 is 10.1 Å². The highest BCUT2D eigenvalue weighted by atomic mass is 32.1. The third-order valence-corrected chi connectivity index (χ3v) is 5.15. The molecule has 1 aromatic heterocycles. The zero-order valence-electron chi connectivity index (χ0n) is 12.2. The molecule has 0 bridgehead atoms. The Labute approximate surface area is 123 Å². The van der Waals surface area contributed by atoms with Crippen molar-refractivity contribution in [2.75, 3.05) is 20.2 Å². The van der Waals surface area contributed by atoms with E-state index < -0.39 is 0 Å². The monoisotopic (exact) mass is 291 g/mol. The van der Waals surface area contributed by atoms with Crippen LogP contribution >= 0.6 is 11.3 Å². The van der Waals surface area contributed by atoms with Gasteiger partial charge in [-0.05, 0) is 32.0 Å². The molecular weight excluding hydrogens is 270 g/mol. The SMILES string of the molecule is COc1ccc2nc(CN3CCNC(C)C3C)sc2c1. The highest BCUT2D eigenvalue weighted by molar-refractivity contribution is 7.18. The number of piperazine rings is 1. The molecule has 1 aliphatic heterocycles. The predicted octanol–water partition coefficient (Wildman–Crippen LogP) is 2.49. The first-order valence-electron chi connectivity index (χ1n) is 7.08. The molecule has 0 aliphatic carbocycles. The molecule has 0 amide bonds. The van der Waals surface area contributed by atoms with Gasteiger partial charge in [-0.2, -0.15) is 0 Å². The first kappa shape index (κ1) is 13.8. The lowest BCUT2D eigenvalue weighted by atomic mass is 10.1. The summed E-state index contributed by atoms with van der Waals surface area (Å²) in [5.74, 6) is 0.900. The lowest BCUT2D eigenvalue weighted by Gasteiger charge is -2.38. The average Bonchev–Trinajstić information content (AvgIpc) is 2.85. The largest absolute Gasteiger partial charge is 0.497 e. The van der Waals surface area contributed by atoms with Gasteiger partial charge in [-0.3, -0.25) is 4.90 Å². The van der Waals surface area contributed by atoms with Crippen molar-refractivity contribution in [3.05, 3.63) is 23.2 Å². The Bertz CT molecular complexity index is 598. The van der Waals surface area contributed by atoms with Crippen molar-refractivity contribution in [3.8, 4) is 5.75 Å². The van der Waals surface area contributed by atoms with E-state index in [9.17, 15) is 0 Å². The maximum Gasteiger partial charge on any atom is 0.120 e. The topological polar surface area (TPSA) is 37.4 Å². The molecule has 0 saturated carbocycles. The van der Waals surface area contributed by atoms with Gasteiger partial charge in [0, 0.05) is 25.2 Å². The number of fused-ring (bicyclic) bond motifs is 1. The number of nitrogens with one attached hydrogen (secondary N) is 1. The van der Waals surface area contributed by atoms with Gasteiger partial charge in [-0.15, -0.1) is 11.3 Å². The maximum absolute atomic E-state index is 5.27. The van der Waals surface area contributed by atoms with Crippen molar-refractivity contribution in [2.45, 2.75) is 32.5 Å². The third-order valence-electron chi connectivity index (χ3n) is 4.14. The Kier molecular flexibility index (Phi) is 3.92. The zero-order valence-corrected chi connectivity index (χ0v) is 13.0. The summed E-state index contributed by atoms with van der Waals surface area (Å²) in [6.07, 6.45) is 0. The molecule has 2 unspecified atom stereocenters. The van der Waals surface area contributed by atoms with Gasteiger partial charge in [0.1, 0.15) is 10.8 Å². The Morgan fingerprint density at radius 2 is 2.30 bits per heavy atom. The van der Waals surface area contributed by atoms with E-state index in [2.05, 4.69) is 30.1 Å². The summed E-state index contributed by atoms with van der Waals surface area (Å²) in [6.45, 7) is 7.62. The van der Waals surface area contributed by atoms with Gasteiger partial charge in [0.15, 0.2) is 0 Å². The molecule has 4 nitrogen and oxygen atoms in total. The summed E-state index contributed by atoms with van der Waals surface area (Å²) in [7, 11) is 1.70. The molecule has 0 radical (unpaired) electrons. The molecule has 3 rings (SSSR count). The zero-order chi connectivity index (χ0) is 14.1. The number of methoxy groups -OCH3 is 1. The summed E-state index contributed by atoms with van der Waals surface area (Å²) >= 11 is 1.77. The minimum atomic E-state index is 0.540. The van der Waals surface area contributed by atoms with E-state index in [-0.39, 0.29) is 0 Å². The van der Waals surface area contributed by atoms with E-state index in [1.165, 1.54) is 9.71 Å². The molecule has 5 heteroatoms. The molecule has 2 heterocycles. The summed E-state index contributed by atoms with van der Waals surface area (Å²) in [5, 5.41) is 4.70. The quantitative estimate of drug-likeness (QED) is 0.943. The Hall–Kier alpha value is -1.17. The molecule has 1 saturated heterocycles. The lowest BCUT2D eigenvalue weighted by Crippen LogP contribution is -2.54. The van der Waals surface area contributed by atoms with Gasteiger partial charge < -0.3 is 10.1 Å². The molecule has 108 valence electrons. The van der Waals surface area contributed by atoms with Gasteiger partial charge >= 0.3 is 0 Å². The van der Waals surface area contributed by atoms with Gasteiger partial charge in [0.2, 0.25) is 0 Å². The highest BCUT2D eigenvalue weighted by Gasteiger charge is 2.24. The van der Waals surface area contributed by atoms with Crippen LogP contribution in [-0.2, 0) is 6.54 Å². The molecular formula is C15H21N3OS. The van der Waals surface area contributed by atoms with E-state index >= 15 is 0 Å². The van der Waals surface area contributed by atoms with E-state index in [4.69, 9.17) is 9.72 Å². The van der Waals surface area contributed by atoms with Crippen LogP contribution in [0.4, 0.5) is 0 Å². The van der Waals surface area contributed by atoms with Gasteiger partial charge in [-0.1, -0.05) is 0 Å². The number of ether oxygens (including phenoxy) is 1. The fourth-order valence-electron chi connectivity index (χ4n) is 2.67. The Morgan fingerprint density at radius 3 is 3.10 bits per heavy atom. The number of hydrogen-bond acceptors (Lipinski definition) is 5. The van der Waals surface area contributed by atoms with E-state index in [0.29, 0.717) is 12.1 Å². The number of nitrogens with zero attached hydrogens (tertiary/aromatic N) is 2. The molecule has 1 N–H and O–H groups in total. The minimum absolute atomic E-state index is 0.540. The second kappa shape index (κ2) is 5.68. The molecule has 2 atom stereocenters. The third kappa shape index (κ3) is 2.66. The van der Waals surface area contributed by atoms with Crippen molar-refractivity contribution in [2.24, 2.45) is 0 Å². The normalized spacial score (nSPS) is 24.1. The van der Waals surface area contributed by atoms with Crippen molar-refractivity contribution < 1.29 is 4.74 Å². The average molecular weight is 291 g/mol. The van der Waals surface area contributed by atoms with Crippen LogP contribution in [0.15, 0.2) is 18.2 Å². The van der Waals surface area contributed by atoms with Crippen molar-refractivity contribution >= 4 is 21.6 Å². The molecule has 2 aromatic rings. The fraction of sp³-hybridized carbons (Fsp3) is 0.533. The van der Waals surface area contributed by atoms with Gasteiger partial charge in [0.25, 0.3) is 0 Å². The molecule has 0 spiro atoms.